The van der Waals surface area contributed by atoms with Crippen molar-refractivity contribution in [2.75, 3.05) is 37.5 Å². The van der Waals surface area contributed by atoms with E-state index in [1.54, 1.807) is 0 Å². The summed E-state index contributed by atoms with van der Waals surface area (Å²) in [6, 6.07) is 3.26. The highest BCUT2D eigenvalue weighted by Crippen LogP contribution is 2.26. The highest BCUT2D eigenvalue weighted by Gasteiger charge is 2.24. The average Bonchev–Trinajstić information content (AvgIpc) is 2.46. The highest BCUT2D eigenvalue weighted by atomic mass is 16.6. The van der Waals surface area contributed by atoms with Gasteiger partial charge in [0.05, 0.1) is 17.1 Å². The van der Waals surface area contributed by atoms with E-state index in [9.17, 15) is 10.1 Å². The number of likely N-dealkylation sites (N-methyl/N-ethyl adjacent to an activating group) is 1. The summed E-state index contributed by atoms with van der Waals surface area (Å²) in [6.07, 6.45) is 2.17. The smallest absolute Gasteiger partial charge is 0.276 e. The lowest BCUT2D eigenvalue weighted by Gasteiger charge is -2.36. The van der Waals surface area contributed by atoms with Gasteiger partial charge in [-0.3, -0.25) is 10.1 Å². The molecule has 2 heterocycles. The van der Waals surface area contributed by atoms with E-state index < -0.39 is 4.92 Å². The number of nitrogens with one attached hydrogen (secondary N) is 1. The Kier molecular flexibility index (Phi) is 4.35. The lowest BCUT2D eigenvalue weighted by molar-refractivity contribution is -0.384. The first-order chi connectivity index (χ1) is 9.51. The van der Waals surface area contributed by atoms with Crippen LogP contribution in [0.5, 0.6) is 0 Å². The molecule has 1 unspecified atom stereocenters. The summed E-state index contributed by atoms with van der Waals surface area (Å²) in [6.45, 7) is 1.66. The molecule has 1 aliphatic heterocycles. The van der Waals surface area contributed by atoms with Crippen LogP contribution in [-0.2, 0) is 0 Å². The van der Waals surface area contributed by atoms with Gasteiger partial charge in [0, 0.05) is 19.1 Å². The highest BCUT2D eigenvalue weighted by molar-refractivity contribution is 5.55. The Labute approximate surface area is 117 Å². The zero-order valence-electron chi connectivity index (χ0n) is 11.7. The van der Waals surface area contributed by atoms with Crippen molar-refractivity contribution in [3.05, 3.63) is 22.2 Å². The lowest BCUT2D eigenvalue weighted by atomic mass is 10.0. The van der Waals surface area contributed by atoms with Crippen LogP contribution in [0.4, 0.5) is 17.3 Å². The maximum absolute atomic E-state index is 11.0. The zero-order chi connectivity index (χ0) is 14.7. The van der Waals surface area contributed by atoms with Gasteiger partial charge in [-0.25, -0.2) is 10.8 Å². The molecule has 0 spiro atoms. The number of hydrogen-bond acceptors (Lipinski definition) is 7. The molecular weight excluding hydrogens is 260 g/mol. The van der Waals surface area contributed by atoms with E-state index in [4.69, 9.17) is 5.84 Å². The number of hydrogen-bond donors (Lipinski definition) is 2. The molecule has 0 radical (unpaired) electrons. The third kappa shape index (κ3) is 3.14. The lowest BCUT2D eigenvalue weighted by Crippen LogP contribution is -2.45. The van der Waals surface area contributed by atoms with E-state index in [1.165, 1.54) is 12.1 Å². The second kappa shape index (κ2) is 6.02. The Morgan fingerprint density at radius 2 is 2.30 bits per heavy atom. The molecule has 0 bridgehead atoms. The summed E-state index contributed by atoms with van der Waals surface area (Å²) in [4.78, 5) is 19.1. The summed E-state index contributed by atoms with van der Waals surface area (Å²) in [7, 11) is 4.09. The monoisotopic (exact) mass is 280 g/mol. The molecule has 20 heavy (non-hydrogen) atoms. The van der Waals surface area contributed by atoms with Gasteiger partial charge >= 0.3 is 0 Å². The van der Waals surface area contributed by atoms with Gasteiger partial charge in [0.15, 0.2) is 0 Å². The first kappa shape index (κ1) is 14.5. The molecule has 0 aromatic carbocycles. The number of piperidine rings is 1. The van der Waals surface area contributed by atoms with Crippen molar-refractivity contribution in [1.29, 1.82) is 0 Å². The maximum Gasteiger partial charge on any atom is 0.276 e. The molecule has 1 fully saturated rings. The van der Waals surface area contributed by atoms with Gasteiger partial charge in [-0.15, -0.1) is 0 Å². The molecule has 8 nitrogen and oxygen atoms in total. The number of rotatable bonds is 4. The van der Waals surface area contributed by atoms with E-state index in [2.05, 4.69) is 20.2 Å². The number of pyridine rings is 1. The molecule has 1 aliphatic rings. The summed E-state index contributed by atoms with van der Waals surface area (Å²) >= 11 is 0. The third-order valence-corrected chi connectivity index (χ3v) is 3.61. The van der Waals surface area contributed by atoms with Gasteiger partial charge in [-0.2, -0.15) is 0 Å². The molecular formula is C12H20N6O2. The molecule has 2 rings (SSSR count). The standard InChI is InChI=1S/C12H20N6O2/c1-16(2)9-4-3-5-17(8-9)12-7-10(18(19)20)6-11(14-12)15-13/h6-7,9H,3-5,8,13H2,1-2H3,(H,14,15). The summed E-state index contributed by atoms with van der Waals surface area (Å²) in [5.41, 5.74) is 2.38. The summed E-state index contributed by atoms with van der Waals surface area (Å²) in [5, 5.41) is 11.0. The Balaban J connectivity index is 2.26. The third-order valence-electron chi connectivity index (χ3n) is 3.61. The molecule has 110 valence electrons. The van der Waals surface area contributed by atoms with Gasteiger partial charge in [0.25, 0.3) is 5.69 Å². The number of hydrazine groups is 1. The molecule has 3 N–H and O–H groups in total. The van der Waals surface area contributed by atoms with Gasteiger partial charge in [-0.1, -0.05) is 0 Å². The van der Waals surface area contributed by atoms with Crippen molar-refractivity contribution in [3.8, 4) is 0 Å². The largest absolute Gasteiger partial charge is 0.355 e. The predicted octanol–water partition coefficient (Wildman–Crippen LogP) is 0.806. The van der Waals surface area contributed by atoms with Crippen molar-refractivity contribution in [3.63, 3.8) is 0 Å². The van der Waals surface area contributed by atoms with E-state index in [0.717, 1.165) is 25.9 Å². The Morgan fingerprint density at radius 1 is 1.55 bits per heavy atom. The molecule has 1 aromatic heterocycles. The van der Waals surface area contributed by atoms with Crippen molar-refractivity contribution >= 4 is 17.3 Å². The molecule has 0 amide bonds. The summed E-state index contributed by atoms with van der Waals surface area (Å²) in [5.74, 6) is 6.23. The SMILES string of the molecule is CN(C)C1CCCN(c2cc([N+](=O)[O-])cc(NN)n2)C1. The quantitative estimate of drug-likeness (QED) is 0.478. The predicted molar refractivity (Wildman–Crippen MR) is 77.6 cm³/mol. The van der Waals surface area contributed by atoms with Crippen LogP contribution >= 0.6 is 0 Å². The van der Waals surface area contributed by atoms with E-state index >= 15 is 0 Å². The first-order valence-electron chi connectivity index (χ1n) is 6.55. The number of aromatic nitrogens is 1. The van der Waals surface area contributed by atoms with Crippen molar-refractivity contribution in [2.24, 2.45) is 5.84 Å². The molecule has 1 saturated heterocycles. The fourth-order valence-electron chi connectivity index (χ4n) is 2.43. The topological polar surface area (TPSA) is 101 Å². The van der Waals surface area contributed by atoms with Crippen molar-refractivity contribution in [2.45, 2.75) is 18.9 Å². The van der Waals surface area contributed by atoms with Gasteiger partial charge < -0.3 is 15.2 Å². The molecule has 0 aliphatic carbocycles. The van der Waals surface area contributed by atoms with Gasteiger partial charge in [0.2, 0.25) is 0 Å². The number of nitro groups is 1. The minimum absolute atomic E-state index is 0.00470. The first-order valence-corrected chi connectivity index (χ1v) is 6.55. The van der Waals surface area contributed by atoms with E-state index in [0.29, 0.717) is 17.7 Å². The van der Waals surface area contributed by atoms with Crippen LogP contribution in [0.25, 0.3) is 0 Å². The van der Waals surface area contributed by atoms with E-state index in [-0.39, 0.29) is 5.69 Å². The van der Waals surface area contributed by atoms with Crippen molar-refractivity contribution in [1.82, 2.24) is 9.88 Å². The average molecular weight is 280 g/mol. The van der Waals surface area contributed by atoms with Crippen LogP contribution in [-0.4, -0.2) is 48.0 Å². The second-order valence-electron chi connectivity index (χ2n) is 5.18. The fraction of sp³-hybridized carbons (Fsp3) is 0.583. The Morgan fingerprint density at radius 3 is 2.90 bits per heavy atom. The van der Waals surface area contributed by atoms with Gasteiger partial charge in [0.1, 0.15) is 11.6 Å². The Bertz CT molecular complexity index is 493. The van der Waals surface area contributed by atoms with Crippen LogP contribution < -0.4 is 16.2 Å². The van der Waals surface area contributed by atoms with Crippen LogP contribution in [0.2, 0.25) is 0 Å². The number of anilines is 2. The van der Waals surface area contributed by atoms with Crippen LogP contribution in [0, 0.1) is 10.1 Å². The molecule has 1 atom stereocenters. The number of nitrogen functional groups attached to an aromatic ring is 1. The van der Waals surface area contributed by atoms with Crippen LogP contribution in [0.1, 0.15) is 12.8 Å². The summed E-state index contributed by atoms with van der Waals surface area (Å²) < 4.78 is 0. The fourth-order valence-corrected chi connectivity index (χ4v) is 2.43. The van der Waals surface area contributed by atoms with Crippen molar-refractivity contribution < 1.29 is 4.92 Å². The van der Waals surface area contributed by atoms with Gasteiger partial charge in [-0.05, 0) is 26.9 Å². The number of nitrogens with zero attached hydrogens (tertiary/aromatic N) is 4. The maximum atomic E-state index is 11.0. The second-order valence-corrected chi connectivity index (χ2v) is 5.18. The molecule has 8 heteroatoms. The van der Waals surface area contributed by atoms with E-state index in [1.807, 2.05) is 14.1 Å². The van der Waals surface area contributed by atoms with Crippen LogP contribution in [0.15, 0.2) is 12.1 Å². The number of nitrogens with two attached hydrogens (primary N) is 1. The molecule has 1 aromatic rings. The van der Waals surface area contributed by atoms with Crippen LogP contribution in [0.3, 0.4) is 0 Å². The minimum atomic E-state index is -0.431. The minimum Gasteiger partial charge on any atom is -0.355 e. The normalized spacial score (nSPS) is 19.2. The Hall–Kier alpha value is -1.93. The molecule has 0 saturated carbocycles. The zero-order valence-corrected chi connectivity index (χ0v) is 11.7.